The van der Waals surface area contributed by atoms with Crippen molar-refractivity contribution in [2.45, 2.75) is 25.2 Å². The third kappa shape index (κ3) is 3.34. The van der Waals surface area contributed by atoms with E-state index in [0.717, 1.165) is 22.4 Å². The Hall–Kier alpha value is -2.22. The van der Waals surface area contributed by atoms with Gasteiger partial charge in [-0.15, -0.1) is 0 Å². The minimum absolute atomic E-state index is 0.0503. The highest BCUT2D eigenvalue weighted by Gasteiger charge is 2.30. The molecule has 7 heteroatoms. The van der Waals surface area contributed by atoms with Crippen LogP contribution in [0, 0.1) is 13.8 Å². The first-order valence-corrected chi connectivity index (χ1v) is 10.9. The molecule has 0 atom stereocenters. The van der Waals surface area contributed by atoms with Gasteiger partial charge in [0.1, 0.15) is 0 Å². The number of hydrogen-bond acceptors (Lipinski definition) is 4. The molecular formula is C21H24N2O4S. The number of amides is 1. The van der Waals surface area contributed by atoms with E-state index in [0.29, 0.717) is 44.8 Å². The Labute approximate surface area is 165 Å². The van der Waals surface area contributed by atoms with Crippen molar-refractivity contribution in [1.82, 2.24) is 4.31 Å². The fourth-order valence-electron chi connectivity index (χ4n) is 3.72. The van der Waals surface area contributed by atoms with Gasteiger partial charge in [-0.1, -0.05) is 6.07 Å². The Kier molecular flexibility index (Phi) is 4.99. The van der Waals surface area contributed by atoms with E-state index in [-0.39, 0.29) is 10.8 Å². The molecule has 4 rings (SSSR count). The van der Waals surface area contributed by atoms with Crippen LogP contribution in [0.4, 0.5) is 5.69 Å². The van der Waals surface area contributed by atoms with Gasteiger partial charge in [-0.3, -0.25) is 4.79 Å². The van der Waals surface area contributed by atoms with Gasteiger partial charge < -0.3 is 9.64 Å². The Bertz CT molecular complexity index is 1030. The maximum atomic E-state index is 13.0. The van der Waals surface area contributed by atoms with Gasteiger partial charge in [-0.25, -0.2) is 8.42 Å². The molecule has 6 nitrogen and oxygen atoms in total. The van der Waals surface area contributed by atoms with Gasteiger partial charge >= 0.3 is 0 Å². The molecule has 0 spiro atoms. The SMILES string of the molecule is Cc1ccc(C(=O)N2CCc3cc(S(=O)(=O)N4CCOCC4)ccc32)cc1C. The van der Waals surface area contributed by atoms with Crippen molar-refractivity contribution in [1.29, 1.82) is 0 Å². The first-order chi connectivity index (χ1) is 13.4. The largest absolute Gasteiger partial charge is 0.379 e. The van der Waals surface area contributed by atoms with E-state index in [1.807, 2.05) is 32.0 Å². The fourth-order valence-corrected chi connectivity index (χ4v) is 5.17. The second-order valence-electron chi connectivity index (χ2n) is 7.31. The Morgan fingerprint density at radius 1 is 0.964 bits per heavy atom. The van der Waals surface area contributed by atoms with Crippen molar-refractivity contribution in [2.75, 3.05) is 37.7 Å². The molecule has 2 aromatic carbocycles. The summed E-state index contributed by atoms with van der Waals surface area (Å²) in [6, 6.07) is 10.8. The third-order valence-electron chi connectivity index (χ3n) is 5.55. The van der Waals surface area contributed by atoms with Crippen LogP contribution in [0.3, 0.4) is 0 Å². The lowest BCUT2D eigenvalue weighted by atomic mass is 10.1. The molecule has 1 amide bonds. The zero-order chi connectivity index (χ0) is 19.9. The van der Waals surface area contributed by atoms with Gasteiger partial charge in [0.05, 0.1) is 18.1 Å². The summed E-state index contributed by atoms with van der Waals surface area (Å²) in [7, 11) is -3.53. The van der Waals surface area contributed by atoms with Crippen molar-refractivity contribution in [2.24, 2.45) is 0 Å². The number of rotatable bonds is 3. The lowest BCUT2D eigenvalue weighted by Crippen LogP contribution is -2.40. The molecule has 0 aliphatic carbocycles. The lowest BCUT2D eigenvalue weighted by molar-refractivity contribution is 0.0730. The summed E-state index contributed by atoms with van der Waals surface area (Å²) in [4.78, 5) is 15.0. The van der Waals surface area contributed by atoms with Gasteiger partial charge in [0.25, 0.3) is 5.91 Å². The molecule has 2 aliphatic rings. The van der Waals surface area contributed by atoms with Gasteiger partial charge in [-0.05, 0) is 67.3 Å². The average molecular weight is 401 g/mol. The van der Waals surface area contributed by atoms with Crippen molar-refractivity contribution in [3.63, 3.8) is 0 Å². The van der Waals surface area contributed by atoms with E-state index in [4.69, 9.17) is 4.74 Å². The molecule has 0 N–H and O–H groups in total. The summed E-state index contributed by atoms with van der Waals surface area (Å²) in [5.74, 6) is -0.0503. The van der Waals surface area contributed by atoms with Crippen molar-refractivity contribution in [3.8, 4) is 0 Å². The Balaban J connectivity index is 1.61. The van der Waals surface area contributed by atoms with Gasteiger partial charge in [0.15, 0.2) is 0 Å². The van der Waals surface area contributed by atoms with Crippen LogP contribution in [0.5, 0.6) is 0 Å². The summed E-state index contributed by atoms with van der Waals surface area (Å²) in [6.07, 6.45) is 0.651. The summed E-state index contributed by atoms with van der Waals surface area (Å²) < 4.78 is 32.5. The van der Waals surface area contributed by atoms with Crippen LogP contribution in [-0.2, 0) is 21.2 Å². The Morgan fingerprint density at radius 3 is 2.43 bits per heavy atom. The number of nitrogens with zero attached hydrogens (tertiary/aromatic N) is 2. The Morgan fingerprint density at radius 2 is 1.71 bits per heavy atom. The molecule has 0 radical (unpaired) electrons. The van der Waals surface area contributed by atoms with Gasteiger partial charge in [-0.2, -0.15) is 4.31 Å². The summed E-state index contributed by atoms with van der Waals surface area (Å²) in [5, 5.41) is 0. The number of carbonyl (C=O) groups excluding carboxylic acids is 1. The zero-order valence-electron chi connectivity index (χ0n) is 16.1. The van der Waals surface area contributed by atoms with Crippen LogP contribution in [0.1, 0.15) is 27.0 Å². The molecule has 0 saturated carbocycles. The van der Waals surface area contributed by atoms with E-state index in [1.165, 1.54) is 4.31 Å². The molecule has 28 heavy (non-hydrogen) atoms. The van der Waals surface area contributed by atoms with Gasteiger partial charge in [0.2, 0.25) is 10.0 Å². The molecule has 0 unspecified atom stereocenters. The fraction of sp³-hybridized carbons (Fsp3) is 0.381. The van der Waals surface area contributed by atoms with Crippen molar-refractivity contribution < 1.29 is 17.9 Å². The van der Waals surface area contributed by atoms with E-state index >= 15 is 0 Å². The number of anilines is 1. The predicted molar refractivity (Wildman–Crippen MR) is 107 cm³/mol. The number of sulfonamides is 1. The minimum Gasteiger partial charge on any atom is -0.379 e. The van der Waals surface area contributed by atoms with Crippen LogP contribution < -0.4 is 4.90 Å². The number of morpholine rings is 1. The van der Waals surface area contributed by atoms with E-state index in [1.54, 1.807) is 23.1 Å². The number of benzene rings is 2. The van der Waals surface area contributed by atoms with E-state index < -0.39 is 10.0 Å². The molecule has 2 aliphatic heterocycles. The average Bonchev–Trinajstić information content (AvgIpc) is 3.13. The number of ether oxygens (including phenoxy) is 1. The monoisotopic (exact) mass is 400 g/mol. The molecule has 1 saturated heterocycles. The van der Waals surface area contributed by atoms with Crippen LogP contribution in [0.15, 0.2) is 41.3 Å². The van der Waals surface area contributed by atoms with Crippen molar-refractivity contribution >= 4 is 21.6 Å². The normalized spacial score (nSPS) is 17.6. The van der Waals surface area contributed by atoms with Crippen LogP contribution in [-0.4, -0.2) is 51.5 Å². The van der Waals surface area contributed by atoms with Crippen LogP contribution in [0.25, 0.3) is 0 Å². The second kappa shape index (κ2) is 7.31. The predicted octanol–water partition coefficient (Wildman–Crippen LogP) is 2.53. The number of fused-ring (bicyclic) bond motifs is 1. The minimum atomic E-state index is -3.53. The smallest absolute Gasteiger partial charge is 0.258 e. The zero-order valence-corrected chi connectivity index (χ0v) is 17.0. The quantitative estimate of drug-likeness (QED) is 0.794. The van der Waals surface area contributed by atoms with E-state index in [9.17, 15) is 13.2 Å². The highest BCUT2D eigenvalue weighted by molar-refractivity contribution is 7.89. The van der Waals surface area contributed by atoms with E-state index in [2.05, 4.69) is 0 Å². The molecule has 2 aromatic rings. The molecular weight excluding hydrogens is 376 g/mol. The number of carbonyl (C=O) groups is 1. The van der Waals surface area contributed by atoms with Gasteiger partial charge in [0, 0.05) is 30.9 Å². The highest BCUT2D eigenvalue weighted by atomic mass is 32.2. The molecule has 1 fully saturated rings. The summed E-state index contributed by atoms with van der Waals surface area (Å²) >= 11 is 0. The molecule has 148 valence electrons. The maximum Gasteiger partial charge on any atom is 0.258 e. The van der Waals surface area contributed by atoms with Crippen LogP contribution in [0.2, 0.25) is 0 Å². The summed E-state index contributed by atoms with van der Waals surface area (Å²) in [5.41, 5.74) is 4.57. The molecule has 2 heterocycles. The first-order valence-electron chi connectivity index (χ1n) is 9.48. The number of hydrogen-bond donors (Lipinski definition) is 0. The van der Waals surface area contributed by atoms with Crippen LogP contribution >= 0.6 is 0 Å². The lowest BCUT2D eigenvalue weighted by Gasteiger charge is -2.26. The topological polar surface area (TPSA) is 66.9 Å². The second-order valence-corrected chi connectivity index (χ2v) is 9.25. The van der Waals surface area contributed by atoms with Crippen molar-refractivity contribution in [3.05, 3.63) is 58.7 Å². The number of aryl methyl sites for hydroxylation is 2. The first kappa shape index (κ1) is 19.1. The molecule has 0 aromatic heterocycles. The molecule has 0 bridgehead atoms. The third-order valence-corrected chi connectivity index (χ3v) is 7.45. The highest BCUT2D eigenvalue weighted by Crippen LogP contribution is 2.32. The maximum absolute atomic E-state index is 13.0. The summed E-state index contributed by atoms with van der Waals surface area (Å²) in [6.45, 7) is 6.15. The standard InChI is InChI=1S/C21H24N2O4S/c1-15-3-4-18(13-16(15)2)21(24)23-8-7-17-14-19(5-6-20(17)23)28(25,26)22-9-11-27-12-10-22/h3-6,13-14H,7-12H2,1-2H3.